The van der Waals surface area contributed by atoms with Crippen LogP contribution in [-0.2, 0) is 0 Å². The summed E-state index contributed by atoms with van der Waals surface area (Å²) in [5.74, 6) is 0. The van der Waals surface area contributed by atoms with Crippen molar-refractivity contribution in [3.8, 4) is 0 Å². The molecule has 0 bridgehead atoms. The number of rotatable bonds is 0. The summed E-state index contributed by atoms with van der Waals surface area (Å²) in [4.78, 5) is 0. The molecule has 0 aromatic heterocycles. The summed E-state index contributed by atoms with van der Waals surface area (Å²) in [7, 11) is -0.194. The van der Waals surface area contributed by atoms with Crippen LogP contribution in [-0.4, -0.2) is 0 Å². The van der Waals surface area contributed by atoms with Gasteiger partial charge in [0.25, 0.3) is 0 Å². The zero-order valence-corrected chi connectivity index (χ0v) is 6.84. The first-order chi connectivity index (χ1) is 4.00. The number of hydrogen-bond acceptors (Lipinski definition) is 0. The van der Waals surface area contributed by atoms with E-state index in [-0.39, 0.29) is 9.55 Å². The Kier molecular flexibility index (Phi) is 6.23. The summed E-state index contributed by atoms with van der Waals surface area (Å²) in [6.07, 6.45) is 0. The van der Waals surface area contributed by atoms with Gasteiger partial charge in [0.2, 0.25) is 0 Å². The van der Waals surface area contributed by atoms with Crippen molar-refractivity contribution in [3.63, 3.8) is 0 Å². The van der Waals surface area contributed by atoms with Crippen molar-refractivity contribution < 1.29 is 4.20 Å². The molecule has 0 heterocycles. The van der Waals surface area contributed by atoms with Gasteiger partial charge in [-0.25, -0.2) is 0 Å². The third-order valence-electron chi connectivity index (χ3n) is 0.667. The molecule has 0 atom stereocenters. The Morgan fingerprint density at radius 1 is 0.625 bits per heavy atom. The number of hydrogen-bond donors (Lipinski definition) is 0. The first-order valence-electron chi connectivity index (χ1n) is 2.38. The summed E-state index contributed by atoms with van der Waals surface area (Å²) in [5, 5.41) is 0. The van der Waals surface area contributed by atoms with Gasteiger partial charge in [-0.2, -0.15) is 0 Å². The van der Waals surface area contributed by atoms with E-state index >= 15 is 0 Å². The van der Waals surface area contributed by atoms with Crippen LogP contribution >= 0.6 is 9.55 Å². The van der Waals surface area contributed by atoms with E-state index in [1.165, 1.54) is 0 Å². The molecule has 0 aliphatic carbocycles. The summed E-state index contributed by atoms with van der Waals surface area (Å²) in [6, 6.07) is 12.0. The van der Waals surface area contributed by atoms with Crippen molar-refractivity contribution in [2.24, 2.45) is 0 Å². The molecule has 0 unspecified atom stereocenters. The first-order valence-corrected chi connectivity index (χ1v) is 3.13. The minimum absolute atomic E-state index is 0.194. The number of halogens is 1. The zero-order chi connectivity index (χ0) is 6.24. The second-order valence-corrected chi connectivity index (χ2v) is 1.15. The zero-order valence-electron chi connectivity index (χ0n) is 4.84. The van der Waals surface area contributed by atoms with Crippen molar-refractivity contribution in [1.29, 1.82) is 0 Å². The van der Waals surface area contributed by atoms with Crippen molar-refractivity contribution in [1.82, 2.24) is 0 Å². The van der Waals surface area contributed by atoms with Crippen LogP contribution in [0.2, 0.25) is 0 Å². The summed E-state index contributed by atoms with van der Waals surface area (Å²) >= 11 is 0. The minimum atomic E-state index is -0.194. The Balaban J connectivity index is 0.000000222. The Labute approximate surface area is 51.1 Å². The smallest absolute Gasteiger partial charge is 0.0623 e. The molecule has 2 heteroatoms. The molecule has 0 aliphatic rings. The fourth-order valence-corrected chi connectivity index (χ4v) is 0.385. The molecular weight excluding hydrogens is 122 g/mol. The topological polar surface area (TPSA) is 0 Å². The molecule has 0 radical (unpaired) electrons. The Morgan fingerprint density at radius 3 is 0.875 bits per heavy atom. The van der Waals surface area contributed by atoms with Crippen LogP contribution in [0.15, 0.2) is 36.4 Å². The van der Waals surface area contributed by atoms with E-state index in [4.69, 9.17) is 0 Å². The van der Waals surface area contributed by atoms with Crippen molar-refractivity contribution in [2.45, 2.75) is 0 Å². The molecule has 0 nitrogen and oxygen atoms in total. The van der Waals surface area contributed by atoms with E-state index in [2.05, 4.69) is 0 Å². The van der Waals surface area contributed by atoms with E-state index in [0.717, 1.165) is 0 Å². The van der Waals surface area contributed by atoms with Gasteiger partial charge in [0.05, 0.1) is 0 Å². The van der Waals surface area contributed by atoms with E-state index < -0.39 is 0 Å². The third-order valence-corrected chi connectivity index (χ3v) is 0.667. The normalized spacial score (nSPS) is 6.88. The second-order valence-electron chi connectivity index (χ2n) is 1.15. The molecule has 0 aliphatic heterocycles. The van der Waals surface area contributed by atoms with Crippen LogP contribution in [0.25, 0.3) is 0 Å². The maximum Gasteiger partial charge on any atom is -0.0623 e. The molecule has 0 spiro atoms. The van der Waals surface area contributed by atoms with Crippen molar-refractivity contribution >= 4 is 9.55 Å². The number of benzene rings is 1. The molecule has 0 fully saturated rings. The molecule has 1 aromatic carbocycles. The van der Waals surface area contributed by atoms with E-state index in [1.54, 1.807) is 0 Å². The Morgan fingerprint density at radius 2 is 0.750 bits per heavy atom. The molecule has 0 saturated heterocycles. The van der Waals surface area contributed by atoms with Crippen LogP contribution < -0.4 is 0 Å². The quantitative estimate of drug-likeness (QED) is 0.473. The molecule has 0 saturated carbocycles. The Bertz CT molecular complexity index is 80.5. The van der Waals surface area contributed by atoms with Gasteiger partial charge in [0, 0.05) is 0 Å². The molecule has 46 valence electrons. The van der Waals surface area contributed by atoms with Crippen LogP contribution in [0, 0.1) is 0 Å². The van der Waals surface area contributed by atoms with Crippen molar-refractivity contribution in [3.05, 3.63) is 36.4 Å². The van der Waals surface area contributed by atoms with E-state index in [1.807, 2.05) is 36.4 Å². The summed E-state index contributed by atoms with van der Waals surface area (Å²) in [6.45, 7) is 0. The predicted molar refractivity (Wildman–Crippen MR) is 40.1 cm³/mol. The van der Waals surface area contributed by atoms with Gasteiger partial charge >= 0.3 is 13.7 Å². The average molecular weight is 132 g/mol. The molecular formula is C6H10FP. The van der Waals surface area contributed by atoms with Gasteiger partial charge < -0.3 is 0 Å². The van der Waals surface area contributed by atoms with Gasteiger partial charge in [-0.15, -0.1) is 0 Å². The van der Waals surface area contributed by atoms with Crippen LogP contribution in [0.5, 0.6) is 0 Å². The summed E-state index contributed by atoms with van der Waals surface area (Å²) < 4.78 is 9.64. The predicted octanol–water partition coefficient (Wildman–Crippen LogP) is 1.90. The van der Waals surface area contributed by atoms with Crippen LogP contribution in [0.4, 0.5) is 4.20 Å². The SMILES string of the molecule is F[PH4].c1ccccc1. The van der Waals surface area contributed by atoms with Crippen molar-refractivity contribution in [2.75, 3.05) is 0 Å². The largest absolute Gasteiger partial charge is 0.0623 e. The van der Waals surface area contributed by atoms with Gasteiger partial charge in [0.15, 0.2) is 0 Å². The first kappa shape index (κ1) is 7.58. The fourth-order valence-electron chi connectivity index (χ4n) is 0.385. The Hall–Kier alpha value is -0.420. The van der Waals surface area contributed by atoms with Gasteiger partial charge in [-0.05, 0) is 0 Å². The van der Waals surface area contributed by atoms with Gasteiger partial charge in [-0.3, -0.25) is 0 Å². The molecule has 0 amide bonds. The average Bonchev–Trinajstić information content (AvgIpc) is 1.96. The third kappa shape index (κ3) is 3.76. The van der Waals surface area contributed by atoms with Gasteiger partial charge in [0.1, 0.15) is 0 Å². The van der Waals surface area contributed by atoms with E-state index in [0.29, 0.717) is 0 Å². The molecule has 8 heavy (non-hydrogen) atoms. The molecule has 1 aromatic rings. The fraction of sp³-hybridized carbons (Fsp3) is 0. The summed E-state index contributed by atoms with van der Waals surface area (Å²) in [5.41, 5.74) is 0. The van der Waals surface area contributed by atoms with Crippen LogP contribution in [0.3, 0.4) is 0 Å². The molecule has 0 N–H and O–H groups in total. The van der Waals surface area contributed by atoms with Gasteiger partial charge in [-0.1, -0.05) is 36.4 Å². The monoisotopic (exact) mass is 132 g/mol. The van der Waals surface area contributed by atoms with Crippen LogP contribution in [0.1, 0.15) is 0 Å². The molecule has 1 rings (SSSR count). The van der Waals surface area contributed by atoms with E-state index in [9.17, 15) is 4.20 Å². The second kappa shape index (κ2) is 6.58. The minimum Gasteiger partial charge on any atom is -0.0623 e. The standard InChI is InChI=1S/C6H6.FH4P/c1-2-4-6-5-3-1;1-2/h1-6H;2H4. The maximum absolute atomic E-state index is 9.64. The maximum atomic E-state index is 9.64.